The zero-order valence-electron chi connectivity index (χ0n) is 10.7. The van der Waals surface area contributed by atoms with Crippen molar-refractivity contribution in [1.29, 1.82) is 0 Å². The van der Waals surface area contributed by atoms with Crippen molar-refractivity contribution in [2.45, 2.75) is 44.8 Å². The van der Waals surface area contributed by atoms with E-state index in [2.05, 4.69) is 4.90 Å². The molecule has 18 heavy (non-hydrogen) atoms. The third-order valence-corrected chi connectivity index (χ3v) is 4.01. The fourth-order valence-electron chi connectivity index (χ4n) is 2.57. The maximum atomic E-state index is 13.2. The van der Waals surface area contributed by atoms with Crippen molar-refractivity contribution < 1.29 is 4.39 Å². The summed E-state index contributed by atoms with van der Waals surface area (Å²) in [6.07, 6.45) is 5.42. The largest absolute Gasteiger partial charge is 0.326 e. The van der Waals surface area contributed by atoms with Crippen LogP contribution in [0.2, 0.25) is 0 Å². The molecular formula is C15H21FN2. The molecule has 0 bridgehead atoms. The predicted octanol–water partition coefficient (Wildman–Crippen LogP) is 2.66. The Kier molecular flexibility index (Phi) is 3.35. The molecule has 2 aliphatic carbocycles. The Morgan fingerprint density at radius 2 is 1.94 bits per heavy atom. The van der Waals surface area contributed by atoms with Crippen LogP contribution in [0.5, 0.6) is 0 Å². The topological polar surface area (TPSA) is 29.3 Å². The molecule has 3 heteroatoms. The molecule has 0 aliphatic heterocycles. The molecular weight excluding hydrogens is 227 g/mol. The first-order chi connectivity index (χ1) is 8.76. The van der Waals surface area contributed by atoms with Crippen molar-refractivity contribution in [3.8, 4) is 0 Å². The monoisotopic (exact) mass is 248 g/mol. The summed E-state index contributed by atoms with van der Waals surface area (Å²) in [5.41, 5.74) is 7.87. The van der Waals surface area contributed by atoms with Crippen LogP contribution in [0.25, 0.3) is 0 Å². The van der Waals surface area contributed by atoms with Crippen LogP contribution in [-0.2, 0) is 13.1 Å². The molecule has 0 aromatic heterocycles. The molecule has 2 nitrogen and oxygen atoms in total. The van der Waals surface area contributed by atoms with E-state index in [1.54, 1.807) is 12.1 Å². The van der Waals surface area contributed by atoms with Gasteiger partial charge in [0, 0.05) is 25.7 Å². The lowest BCUT2D eigenvalue weighted by atomic mass is 10.1. The van der Waals surface area contributed by atoms with Crippen molar-refractivity contribution in [3.05, 3.63) is 35.1 Å². The smallest absolute Gasteiger partial charge is 0.123 e. The molecule has 0 saturated heterocycles. The van der Waals surface area contributed by atoms with Gasteiger partial charge in [0.25, 0.3) is 0 Å². The number of rotatable bonds is 6. The van der Waals surface area contributed by atoms with Gasteiger partial charge in [0.15, 0.2) is 0 Å². The quantitative estimate of drug-likeness (QED) is 0.838. The molecule has 0 heterocycles. The molecule has 98 valence electrons. The third kappa shape index (κ3) is 2.90. The van der Waals surface area contributed by atoms with E-state index < -0.39 is 0 Å². The first kappa shape index (κ1) is 12.1. The SMILES string of the molecule is NCc1cc(F)ccc1CN(CC1CC1)C1CC1. The summed E-state index contributed by atoms with van der Waals surface area (Å²) in [5.74, 6) is 0.728. The molecule has 0 amide bonds. The molecule has 0 atom stereocenters. The van der Waals surface area contributed by atoms with Crippen LogP contribution in [-0.4, -0.2) is 17.5 Å². The Morgan fingerprint density at radius 3 is 2.56 bits per heavy atom. The van der Waals surface area contributed by atoms with Crippen LogP contribution in [0.4, 0.5) is 4.39 Å². The lowest BCUT2D eigenvalue weighted by molar-refractivity contribution is 0.243. The number of benzene rings is 1. The van der Waals surface area contributed by atoms with Crippen molar-refractivity contribution in [2.24, 2.45) is 11.7 Å². The molecule has 3 rings (SSSR count). The van der Waals surface area contributed by atoms with Crippen LogP contribution >= 0.6 is 0 Å². The summed E-state index contributed by atoms with van der Waals surface area (Å²) in [6.45, 7) is 2.58. The highest BCUT2D eigenvalue weighted by Gasteiger charge is 2.33. The number of hydrogen-bond donors (Lipinski definition) is 1. The molecule has 0 unspecified atom stereocenters. The minimum atomic E-state index is -0.181. The number of nitrogens with zero attached hydrogens (tertiary/aromatic N) is 1. The van der Waals surface area contributed by atoms with Gasteiger partial charge in [-0.15, -0.1) is 0 Å². The van der Waals surface area contributed by atoms with Crippen molar-refractivity contribution in [3.63, 3.8) is 0 Å². The van der Waals surface area contributed by atoms with Gasteiger partial charge in [0.2, 0.25) is 0 Å². The highest BCUT2D eigenvalue weighted by Crippen LogP contribution is 2.35. The molecule has 0 spiro atoms. The van der Waals surface area contributed by atoms with Gasteiger partial charge >= 0.3 is 0 Å². The molecule has 2 N–H and O–H groups in total. The van der Waals surface area contributed by atoms with Crippen molar-refractivity contribution in [1.82, 2.24) is 4.90 Å². The van der Waals surface area contributed by atoms with Gasteiger partial charge in [0.05, 0.1) is 0 Å². The molecule has 2 saturated carbocycles. The van der Waals surface area contributed by atoms with Crippen LogP contribution < -0.4 is 5.73 Å². The van der Waals surface area contributed by atoms with Crippen LogP contribution in [0, 0.1) is 11.7 Å². The molecule has 2 fully saturated rings. The zero-order valence-corrected chi connectivity index (χ0v) is 10.7. The Hall–Kier alpha value is -0.930. The lowest BCUT2D eigenvalue weighted by Crippen LogP contribution is -2.28. The van der Waals surface area contributed by atoms with E-state index >= 15 is 0 Å². The summed E-state index contributed by atoms with van der Waals surface area (Å²) < 4.78 is 13.2. The zero-order chi connectivity index (χ0) is 12.5. The van der Waals surface area contributed by atoms with Crippen LogP contribution in [0.15, 0.2) is 18.2 Å². The van der Waals surface area contributed by atoms with Gasteiger partial charge in [-0.1, -0.05) is 6.07 Å². The number of hydrogen-bond acceptors (Lipinski definition) is 2. The molecule has 1 aromatic rings. The van der Waals surface area contributed by atoms with Gasteiger partial charge in [-0.25, -0.2) is 4.39 Å². The summed E-state index contributed by atoms with van der Waals surface area (Å²) >= 11 is 0. The van der Waals surface area contributed by atoms with Gasteiger partial charge in [-0.3, -0.25) is 4.90 Å². The Bertz CT molecular complexity index is 425. The average molecular weight is 248 g/mol. The molecule has 1 aromatic carbocycles. The minimum Gasteiger partial charge on any atom is -0.326 e. The van der Waals surface area contributed by atoms with E-state index in [4.69, 9.17) is 5.73 Å². The Balaban J connectivity index is 1.72. The van der Waals surface area contributed by atoms with Crippen LogP contribution in [0.1, 0.15) is 36.8 Å². The minimum absolute atomic E-state index is 0.181. The summed E-state index contributed by atoms with van der Waals surface area (Å²) in [5, 5.41) is 0. The highest BCUT2D eigenvalue weighted by atomic mass is 19.1. The fraction of sp³-hybridized carbons (Fsp3) is 0.600. The first-order valence-electron chi connectivity index (χ1n) is 6.97. The Morgan fingerprint density at radius 1 is 1.17 bits per heavy atom. The third-order valence-electron chi connectivity index (χ3n) is 4.01. The summed E-state index contributed by atoms with van der Waals surface area (Å²) in [7, 11) is 0. The standard InChI is InChI=1S/C15H21FN2/c16-14-4-3-12(13(7-14)8-17)10-18(15-5-6-15)9-11-1-2-11/h3-4,7,11,15H,1-2,5-6,8-10,17H2. The average Bonchev–Trinajstić information content (AvgIpc) is 3.23. The second-order valence-electron chi connectivity index (χ2n) is 5.72. The maximum Gasteiger partial charge on any atom is 0.123 e. The normalized spacial score (nSPS) is 19.5. The fourth-order valence-corrected chi connectivity index (χ4v) is 2.57. The number of halogens is 1. The van der Waals surface area contributed by atoms with Gasteiger partial charge < -0.3 is 5.73 Å². The summed E-state index contributed by atoms with van der Waals surface area (Å²) in [4.78, 5) is 2.57. The van der Waals surface area contributed by atoms with E-state index in [0.29, 0.717) is 6.54 Å². The van der Waals surface area contributed by atoms with Crippen LogP contribution in [0.3, 0.4) is 0 Å². The van der Waals surface area contributed by atoms with E-state index in [1.807, 2.05) is 6.07 Å². The van der Waals surface area contributed by atoms with E-state index in [-0.39, 0.29) is 5.82 Å². The highest BCUT2D eigenvalue weighted by molar-refractivity contribution is 5.28. The van der Waals surface area contributed by atoms with Gasteiger partial charge in [0.1, 0.15) is 5.82 Å². The number of nitrogens with two attached hydrogens (primary N) is 1. The molecule has 2 aliphatic rings. The first-order valence-corrected chi connectivity index (χ1v) is 6.97. The predicted molar refractivity (Wildman–Crippen MR) is 70.4 cm³/mol. The maximum absolute atomic E-state index is 13.2. The Labute approximate surface area is 108 Å². The van der Waals surface area contributed by atoms with E-state index in [0.717, 1.165) is 24.1 Å². The van der Waals surface area contributed by atoms with E-state index in [1.165, 1.54) is 37.8 Å². The summed E-state index contributed by atoms with van der Waals surface area (Å²) in [6, 6.07) is 5.80. The van der Waals surface area contributed by atoms with Crippen molar-refractivity contribution >= 4 is 0 Å². The second-order valence-corrected chi connectivity index (χ2v) is 5.72. The van der Waals surface area contributed by atoms with Gasteiger partial charge in [-0.2, -0.15) is 0 Å². The van der Waals surface area contributed by atoms with Gasteiger partial charge in [-0.05, 0) is 54.9 Å². The molecule has 0 radical (unpaired) electrons. The second kappa shape index (κ2) is 4.98. The van der Waals surface area contributed by atoms with E-state index in [9.17, 15) is 4.39 Å². The van der Waals surface area contributed by atoms with Crippen molar-refractivity contribution in [2.75, 3.05) is 6.54 Å². The lowest BCUT2D eigenvalue weighted by Gasteiger charge is -2.23.